The molecule has 2 nitrogen and oxygen atoms in total. The highest BCUT2D eigenvalue weighted by molar-refractivity contribution is 9.10. The molecule has 1 unspecified atom stereocenters. The van der Waals surface area contributed by atoms with Crippen LogP contribution in [0.5, 0.6) is 5.75 Å². The second kappa shape index (κ2) is 7.10. The van der Waals surface area contributed by atoms with Crippen LogP contribution in [0.2, 0.25) is 0 Å². The normalized spacial score (nSPS) is 12.2. The predicted octanol–water partition coefficient (Wildman–Crippen LogP) is 4.93. The molecule has 0 aromatic heterocycles. The van der Waals surface area contributed by atoms with Crippen LogP contribution in [0, 0.1) is 13.8 Å². The molecule has 0 saturated heterocycles. The molecule has 1 N–H and O–H groups in total. The largest absolute Gasteiger partial charge is 0.496 e. The third-order valence-electron chi connectivity index (χ3n) is 3.66. The van der Waals surface area contributed by atoms with E-state index in [0.29, 0.717) is 0 Å². The van der Waals surface area contributed by atoms with Gasteiger partial charge in [-0.05, 0) is 44.0 Å². The van der Waals surface area contributed by atoms with Gasteiger partial charge >= 0.3 is 0 Å². The summed E-state index contributed by atoms with van der Waals surface area (Å²) in [5.41, 5.74) is 4.97. The third kappa shape index (κ3) is 4.08. The van der Waals surface area contributed by atoms with Crippen LogP contribution < -0.4 is 10.1 Å². The number of hydrogen-bond donors (Lipinski definition) is 1. The van der Waals surface area contributed by atoms with E-state index in [9.17, 15) is 0 Å². The molecular weight excluding hydrogens is 326 g/mol. The first-order chi connectivity index (χ1) is 10.0. The summed E-state index contributed by atoms with van der Waals surface area (Å²) >= 11 is 3.63. The molecule has 0 fully saturated rings. The van der Waals surface area contributed by atoms with Crippen LogP contribution in [0.15, 0.2) is 40.9 Å². The Morgan fingerprint density at radius 3 is 2.43 bits per heavy atom. The molecule has 112 valence electrons. The number of benzene rings is 2. The van der Waals surface area contributed by atoms with Crippen LogP contribution in [-0.2, 0) is 6.54 Å². The van der Waals surface area contributed by atoms with Gasteiger partial charge in [-0.1, -0.05) is 45.8 Å². The lowest BCUT2D eigenvalue weighted by atomic mass is 10.0. The maximum absolute atomic E-state index is 5.46. The third-order valence-corrected chi connectivity index (χ3v) is 4.40. The number of hydrogen-bond acceptors (Lipinski definition) is 2. The zero-order valence-corrected chi connectivity index (χ0v) is 14.6. The van der Waals surface area contributed by atoms with E-state index in [1.807, 2.05) is 6.07 Å². The van der Waals surface area contributed by atoms with E-state index in [0.717, 1.165) is 16.8 Å². The summed E-state index contributed by atoms with van der Waals surface area (Å²) in [5.74, 6) is 0.934. The molecule has 0 radical (unpaired) electrons. The smallest absolute Gasteiger partial charge is 0.123 e. The Morgan fingerprint density at radius 2 is 1.76 bits per heavy atom. The first-order valence-electron chi connectivity index (χ1n) is 7.14. The summed E-state index contributed by atoms with van der Waals surface area (Å²) in [7, 11) is 1.72. The van der Waals surface area contributed by atoms with Crippen molar-refractivity contribution in [2.24, 2.45) is 0 Å². The maximum atomic E-state index is 5.46. The van der Waals surface area contributed by atoms with E-state index in [-0.39, 0.29) is 6.04 Å². The predicted molar refractivity (Wildman–Crippen MR) is 91.9 cm³/mol. The van der Waals surface area contributed by atoms with E-state index >= 15 is 0 Å². The van der Waals surface area contributed by atoms with Crippen molar-refractivity contribution >= 4 is 15.9 Å². The number of rotatable bonds is 5. The minimum Gasteiger partial charge on any atom is -0.496 e. The number of methoxy groups -OCH3 is 1. The van der Waals surface area contributed by atoms with Crippen molar-refractivity contribution in [3.8, 4) is 5.75 Å². The van der Waals surface area contributed by atoms with Crippen molar-refractivity contribution in [1.29, 1.82) is 0 Å². The van der Waals surface area contributed by atoms with Crippen LogP contribution in [0.1, 0.15) is 35.2 Å². The SMILES string of the molecule is COc1ccc(C)cc1C(C)NCc1ccc(C)cc1Br. The average molecular weight is 348 g/mol. The average Bonchev–Trinajstić information content (AvgIpc) is 2.46. The van der Waals surface area contributed by atoms with Crippen LogP contribution in [-0.4, -0.2) is 7.11 Å². The zero-order chi connectivity index (χ0) is 15.4. The Kier molecular flexibility index (Phi) is 5.43. The molecule has 0 amide bonds. The van der Waals surface area contributed by atoms with Gasteiger partial charge in [-0.15, -0.1) is 0 Å². The molecule has 0 bridgehead atoms. The lowest BCUT2D eigenvalue weighted by Gasteiger charge is -2.18. The lowest BCUT2D eigenvalue weighted by molar-refractivity contribution is 0.401. The van der Waals surface area contributed by atoms with Crippen molar-refractivity contribution in [3.63, 3.8) is 0 Å². The Morgan fingerprint density at radius 1 is 1.10 bits per heavy atom. The van der Waals surface area contributed by atoms with Crippen molar-refractivity contribution in [3.05, 3.63) is 63.1 Å². The van der Waals surface area contributed by atoms with Crippen LogP contribution >= 0.6 is 15.9 Å². The van der Waals surface area contributed by atoms with Gasteiger partial charge in [0.25, 0.3) is 0 Å². The number of halogens is 1. The van der Waals surface area contributed by atoms with Gasteiger partial charge in [0.05, 0.1) is 7.11 Å². The summed E-state index contributed by atoms with van der Waals surface area (Å²) in [6.07, 6.45) is 0. The van der Waals surface area contributed by atoms with E-state index in [2.05, 4.69) is 72.3 Å². The molecule has 1 atom stereocenters. The molecule has 0 spiro atoms. The number of ether oxygens (including phenoxy) is 1. The molecule has 2 aromatic carbocycles. The fourth-order valence-electron chi connectivity index (χ4n) is 2.36. The van der Waals surface area contributed by atoms with E-state index in [4.69, 9.17) is 4.74 Å². The minimum atomic E-state index is 0.230. The highest BCUT2D eigenvalue weighted by Gasteiger charge is 2.12. The summed E-state index contributed by atoms with van der Waals surface area (Å²) in [4.78, 5) is 0. The van der Waals surface area contributed by atoms with Crippen molar-refractivity contribution < 1.29 is 4.74 Å². The Labute approximate surface area is 135 Å². The van der Waals surface area contributed by atoms with E-state index < -0.39 is 0 Å². The molecule has 0 aliphatic rings. The van der Waals surface area contributed by atoms with Gasteiger partial charge in [0.2, 0.25) is 0 Å². The highest BCUT2D eigenvalue weighted by Crippen LogP contribution is 2.27. The van der Waals surface area contributed by atoms with Gasteiger partial charge < -0.3 is 10.1 Å². The minimum absolute atomic E-state index is 0.230. The van der Waals surface area contributed by atoms with Crippen molar-refractivity contribution in [1.82, 2.24) is 5.32 Å². The van der Waals surface area contributed by atoms with Gasteiger partial charge in [0.1, 0.15) is 5.75 Å². The molecule has 0 saturated carbocycles. The summed E-state index contributed by atoms with van der Waals surface area (Å²) in [6.45, 7) is 7.19. The maximum Gasteiger partial charge on any atom is 0.123 e. The first-order valence-corrected chi connectivity index (χ1v) is 7.93. The second-order valence-corrected chi connectivity index (χ2v) is 6.30. The van der Waals surface area contributed by atoms with Gasteiger partial charge in [-0.2, -0.15) is 0 Å². The molecule has 2 aromatic rings. The topological polar surface area (TPSA) is 21.3 Å². The van der Waals surface area contributed by atoms with Crippen LogP contribution in [0.3, 0.4) is 0 Å². The quantitative estimate of drug-likeness (QED) is 0.828. The Balaban J connectivity index is 2.11. The fraction of sp³-hybridized carbons (Fsp3) is 0.333. The molecule has 3 heteroatoms. The summed E-state index contributed by atoms with van der Waals surface area (Å²) in [5, 5.41) is 3.57. The zero-order valence-electron chi connectivity index (χ0n) is 13.0. The standard InChI is InChI=1S/C18H22BrNO/c1-12-6-8-18(21-4)16(9-12)14(3)20-11-15-7-5-13(2)10-17(15)19/h5-10,14,20H,11H2,1-4H3. The van der Waals surface area contributed by atoms with Gasteiger partial charge in [-0.3, -0.25) is 0 Å². The van der Waals surface area contributed by atoms with Crippen molar-refractivity contribution in [2.45, 2.75) is 33.4 Å². The van der Waals surface area contributed by atoms with Gasteiger partial charge in [0, 0.05) is 22.6 Å². The van der Waals surface area contributed by atoms with Crippen LogP contribution in [0.4, 0.5) is 0 Å². The lowest BCUT2D eigenvalue weighted by Crippen LogP contribution is -2.19. The second-order valence-electron chi connectivity index (χ2n) is 5.44. The summed E-state index contributed by atoms with van der Waals surface area (Å²) in [6, 6.07) is 13.0. The summed E-state index contributed by atoms with van der Waals surface area (Å²) < 4.78 is 6.62. The highest BCUT2D eigenvalue weighted by atomic mass is 79.9. The molecular formula is C18H22BrNO. The van der Waals surface area contributed by atoms with E-state index in [1.165, 1.54) is 22.3 Å². The monoisotopic (exact) mass is 347 g/mol. The van der Waals surface area contributed by atoms with E-state index in [1.54, 1.807) is 7.11 Å². The Hall–Kier alpha value is -1.32. The fourth-order valence-corrected chi connectivity index (χ4v) is 2.99. The molecule has 0 aliphatic heterocycles. The van der Waals surface area contributed by atoms with Crippen LogP contribution in [0.25, 0.3) is 0 Å². The molecule has 2 rings (SSSR count). The van der Waals surface area contributed by atoms with Crippen molar-refractivity contribution in [2.75, 3.05) is 7.11 Å². The molecule has 21 heavy (non-hydrogen) atoms. The number of aryl methyl sites for hydroxylation is 2. The van der Waals surface area contributed by atoms with Gasteiger partial charge in [-0.25, -0.2) is 0 Å². The molecule has 0 heterocycles. The number of nitrogens with one attached hydrogen (secondary N) is 1. The van der Waals surface area contributed by atoms with Gasteiger partial charge in [0.15, 0.2) is 0 Å². The molecule has 0 aliphatic carbocycles. The first kappa shape index (κ1) is 16.1. The Bertz CT molecular complexity index is 625.